The summed E-state index contributed by atoms with van der Waals surface area (Å²) in [5.74, 6) is 1.76. The maximum absolute atomic E-state index is 12.4. The van der Waals surface area contributed by atoms with E-state index in [1.54, 1.807) is 13.2 Å². The summed E-state index contributed by atoms with van der Waals surface area (Å²) in [7, 11) is 1.60. The van der Waals surface area contributed by atoms with Crippen LogP contribution in [0.2, 0.25) is 0 Å². The van der Waals surface area contributed by atoms with Gasteiger partial charge in [-0.2, -0.15) is 0 Å². The minimum atomic E-state index is -0.230. The van der Waals surface area contributed by atoms with Crippen LogP contribution in [0.15, 0.2) is 109 Å². The number of anilines is 1. The second-order valence-electron chi connectivity index (χ2n) is 7.81. The molecule has 5 nitrogen and oxygen atoms in total. The third-order valence-corrected chi connectivity index (χ3v) is 5.22. The smallest absolute Gasteiger partial charge is 0.248 e. The van der Waals surface area contributed by atoms with Crippen molar-refractivity contribution in [2.75, 3.05) is 12.4 Å². The SMILES string of the molecule is COc1cc(C=CC(=O)Nc2ccc(OCc3ccccc3)cc2)ccc1OCc1ccccc1. The van der Waals surface area contributed by atoms with Gasteiger partial charge in [0.2, 0.25) is 5.91 Å². The van der Waals surface area contributed by atoms with Crippen LogP contribution in [0.4, 0.5) is 5.69 Å². The number of hydrogen-bond acceptors (Lipinski definition) is 4. The van der Waals surface area contributed by atoms with Crippen LogP contribution in [-0.2, 0) is 18.0 Å². The van der Waals surface area contributed by atoms with Gasteiger partial charge in [0.05, 0.1) is 7.11 Å². The number of hydrogen-bond donors (Lipinski definition) is 1. The van der Waals surface area contributed by atoms with Crippen LogP contribution in [0.5, 0.6) is 17.2 Å². The highest BCUT2D eigenvalue weighted by Crippen LogP contribution is 2.29. The summed E-state index contributed by atoms with van der Waals surface area (Å²) in [6.07, 6.45) is 3.22. The first-order chi connectivity index (χ1) is 17.2. The molecule has 176 valence electrons. The van der Waals surface area contributed by atoms with Crippen molar-refractivity contribution >= 4 is 17.7 Å². The first kappa shape index (κ1) is 23.6. The van der Waals surface area contributed by atoms with E-state index in [1.807, 2.05) is 103 Å². The van der Waals surface area contributed by atoms with Crippen LogP contribution >= 0.6 is 0 Å². The molecule has 0 spiro atoms. The molecule has 0 unspecified atom stereocenters. The van der Waals surface area contributed by atoms with E-state index in [0.717, 1.165) is 22.4 Å². The predicted molar refractivity (Wildman–Crippen MR) is 139 cm³/mol. The van der Waals surface area contributed by atoms with Crippen molar-refractivity contribution in [3.8, 4) is 17.2 Å². The lowest BCUT2D eigenvalue weighted by atomic mass is 10.2. The lowest BCUT2D eigenvalue weighted by Gasteiger charge is -2.11. The molecule has 35 heavy (non-hydrogen) atoms. The summed E-state index contributed by atoms with van der Waals surface area (Å²) in [5.41, 5.74) is 3.69. The van der Waals surface area contributed by atoms with Gasteiger partial charge >= 0.3 is 0 Å². The first-order valence-corrected chi connectivity index (χ1v) is 11.3. The molecule has 0 aromatic heterocycles. The van der Waals surface area contributed by atoms with Crippen molar-refractivity contribution in [3.63, 3.8) is 0 Å². The number of benzene rings is 4. The Hall–Kier alpha value is -4.51. The minimum Gasteiger partial charge on any atom is -0.493 e. The normalized spacial score (nSPS) is 10.7. The van der Waals surface area contributed by atoms with Crippen LogP contribution in [0.1, 0.15) is 16.7 Å². The largest absolute Gasteiger partial charge is 0.493 e. The summed E-state index contributed by atoms with van der Waals surface area (Å²) in [5, 5.41) is 2.85. The number of nitrogens with one attached hydrogen (secondary N) is 1. The van der Waals surface area contributed by atoms with Crippen molar-refractivity contribution < 1.29 is 19.0 Å². The lowest BCUT2D eigenvalue weighted by Crippen LogP contribution is -2.07. The third-order valence-electron chi connectivity index (χ3n) is 5.22. The molecule has 4 rings (SSSR count). The van der Waals surface area contributed by atoms with E-state index in [-0.39, 0.29) is 5.91 Å². The molecule has 0 saturated heterocycles. The van der Waals surface area contributed by atoms with E-state index in [9.17, 15) is 4.79 Å². The maximum atomic E-state index is 12.4. The molecular weight excluding hydrogens is 438 g/mol. The molecule has 0 radical (unpaired) electrons. The van der Waals surface area contributed by atoms with Gasteiger partial charge in [0.15, 0.2) is 11.5 Å². The quantitative estimate of drug-likeness (QED) is 0.272. The van der Waals surface area contributed by atoms with Crippen LogP contribution < -0.4 is 19.5 Å². The van der Waals surface area contributed by atoms with E-state index in [2.05, 4.69) is 5.32 Å². The predicted octanol–water partition coefficient (Wildman–Crippen LogP) is 6.51. The summed E-state index contributed by atoms with van der Waals surface area (Å²) >= 11 is 0. The highest BCUT2D eigenvalue weighted by molar-refractivity contribution is 6.02. The van der Waals surface area contributed by atoms with Gasteiger partial charge in [-0.05, 0) is 59.2 Å². The van der Waals surface area contributed by atoms with Crippen LogP contribution in [0.3, 0.4) is 0 Å². The molecule has 0 aliphatic heterocycles. The zero-order chi connectivity index (χ0) is 24.3. The Balaban J connectivity index is 1.30. The molecule has 4 aromatic rings. The molecule has 0 atom stereocenters. The Morgan fingerprint density at radius 1 is 0.743 bits per heavy atom. The number of carbonyl (C=O) groups is 1. The standard InChI is InChI=1S/C30H27NO4/c1-33-29-20-23(12-18-28(29)35-22-25-10-6-3-7-11-25)13-19-30(32)31-26-14-16-27(17-15-26)34-21-24-8-4-2-5-9-24/h2-20H,21-22H2,1H3,(H,31,32). The van der Waals surface area contributed by atoms with Crippen LogP contribution in [0.25, 0.3) is 6.08 Å². The molecule has 4 aromatic carbocycles. The Morgan fingerprint density at radius 3 is 2.00 bits per heavy atom. The monoisotopic (exact) mass is 465 g/mol. The van der Waals surface area contributed by atoms with Gasteiger partial charge in [-0.25, -0.2) is 0 Å². The van der Waals surface area contributed by atoms with Gasteiger partial charge in [-0.15, -0.1) is 0 Å². The summed E-state index contributed by atoms with van der Waals surface area (Å²) in [4.78, 5) is 12.4. The van der Waals surface area contributed by atoms with E-state index in [4.69, 9.17) is 14.2 Å². The van der Waals surface area contributed by atoms with Crippen LogP contribution in [-0.4, -0.2) is 13.0 Å². The first-order valence-electron chi connectivity index (χ1n) is 11.3. The van der Waals surface area contributed by atoms with E-state index in [1.165, 1.54) is 6.08 Å². The molecule has 0 aliphatic carbocycles. The van der Waals surface area contributed by atoms with E-state index in [0.29, 0.717) is 30.4 Å². The fourth-order valence-corrected chi connectivity index (χ4v) is 3.37. The molecule has 0 saturated carbocycles. The number of carbonyl (C=O) groups excluding carboxylic acids is 1. The highest BCUT2D eigenvalue weighted by Gasteiger charge is 2.06. The minimum absolute atomic E-state index is 0.230. The molecule has 1 amide bonds. The van der Waals surface area contributed by atoms with Gasteiger partial charge in [0.1, 0.15) is 19.0 Å². The average Bonchev–Trinajstić information content (AvgIpc) is 2.91. The van der Waals surface area contributed by atoms with Gasteiger partial charge < -0.3 is 19.5 Å². The van der Waals surface area contributed by atoms with Gasteiger partial charge in [0.25, 0.3) is 0 Å². The highest BCUT2D eigenvalue weighted by atomic mass is 16.5. The molecule has 0 aliphatic rings. The van der Waals surface area contributed by atoms with Crippen molar-refractivity contribution in [3.05, 3.63) is 126 Å². The van der Waals surface area contributed by atoms with Crippen molar-refractivity contribution in [2.45, 2.75) is 13.2 Å². The summed E-state index contributed by atoms with van der Waals surface area (Å²) < 4.78 is 17.1. The van der Waals surface area contributed by atoms with Gasteiger partial charge in [-0.1, -0.05) is 66.7 Å². The Kier molecular flexibility index (Phi) is 8.17. The number of methoxy groups -OCH3 is 1. The molecule has 0 fully saturated rings. The zero-order valence-electron chi connectivity index (χ0n) is 19.5. The fraction of sp³-hybridized carbons (Fsp3) is 0.100. The number of ether oxygens (including phenoxy) is 3. The Bertz CT molecular complexity index is 1250. The molecule has 0 bridgehead atoms. The van der Waals surface area contributed by atoms with Crippen molar-refractivity contribution in [1.29, 1.82) is 0 Å². The number of rotatable bonds is 10. The van der Waals surface area contributed by atoms with Crippen LogP contribution in [0, 0.1) is 0 Å². The third kappa shape index (κ3) is 7.24. The zero-order valence-corrected chi connectivity index (χ0v) is 19.5. The van der Waals surface area contributed by atoms with E-state index >= 15 is 0 Å². The Morgan fingerprint density at radius 2 is 1.37 bits per heavy atom. The van der Waals surface area contributed by atoms with Crippen molar-refractivity contribution in [1.82, 2.24) is 0 Å². The van der Waals surface area contributed by atoms with E-state index < -0.39 is 0 Å². The molecule has 5 heteroatoms. The second-order valence-corrected chi connectivity index (χ2v) is 7.81. The summed E-state index contributed by atoms with van der Waals surface area (Å²) in [6.45, 7) is 0.944. The van der Waals surface area contributed by atoms with Crippen molar-refractivity contribution in [2.24, 2.45) is 0 Å². The topological polar surface area (TPSA) is 56.8 Å². The average molecular weight is 466 g/mol. The fourth-order valence-electron chi connectivity index (χ4n) is 3.37. The lowest BCUT2D eigenvalue weighted by molar-refractivity contribution is -0.111. The summed E-state index contributed by atoms with van der Waals surface area (Å²) in [6, 6.07) is 32.8. The molecule has 0 heterocycles. The molecule has 1 N–H and O–H groups in total. The Labute approximate surface area is 205 Å². The maximum Gasteiger partial charge on any atom is 0.248 e. The number of amides is 1. The van der Waals surface area contributed by atoms with Gasteiger partial charge in [-0.3, -0.25) is 4.79 Å². The second kappa shape index (κ2) is 12.1. The molecular formula is C30H27NO4. The van der Waals surface area contributed by atoms with Gasteiger partial charge in [0, 0.05) is 11.8 Å².